The second-order valence-corrected chi connectivity index (χ2v) is 6.02. The lowest BCUT2D eigenvalue weighted by Crippen LogP contribution is -2.25. The van der Waals surface area contributed by atoms with Crippen molar-refractivity contribution >= 4 is 15.9 Å². The van der Waals surface area contributed by atoms with Gasteiger partial charge in [0.2, 0.25) is 0 Å². The maximum absolute atomic E-state index is 10.1. The lowest BCUT2D eigenvalue weighted by atomic mass is 9.90. The molecular weight excluding hydrogens is 334 g/mol. The summed E-state index contributed by atoms with van der Waals surface area (Å²) in [6.45, 7) is 0.324. The van der Waals surface area contributed by atoms with Crippen molar-refractivity contribution in [2.24, 2.45) is 5.73 Å². The smallest absolute Gasteiger partial charge is 0.161 e. The first-order valence-corrected chi connectivity index (χ1v) is 7.54. The van der Waals surface area contributed by atoms with Crippen LogP contribution in [0.25, 0.3) is 0 Å². The molecule has 0 saturated heterocycles. The van der Waals surface area contributed by atoms with Crippen LogP contribution in [0.2, 0.25) is 0 Å². The SMILES string of the molecule is NC[C@@H]1OC(c2ccc(Br)cc2)Cc2c1ccc(O)c2O. The van der Waals surface area contributed by atoms with Gasteiger partial charge in [0.15, 0.2) is 11.5 Å². The Morgan fingerprint density at radius 3 is 2.52 bits per heavy atom. The number of fused-ring (bicyclic) bond motifs is 1. The molecule has 0 fully saturated rings. The van der Waals surface area contributed by atoms with Gasteiger partial charge in [-0.2, -0.15) is 0 Å². The van der Waals surface area contributed by atoms with Crippen LogP contribution in [0.3, 0.4) is 0 Å². The van der Waals surface area contributed by atoms with Gasteiger partial charge in [-0.25, -0.2) is 0 Å². The van der Waals surface area contributed by atoms with Gasteiger partial charge in [0.05, 0.1) is 12.2 Å². The molecule has 3 rings (SSSR count). The molecule has 0 amide bonds. The number of nitrogens with two attached hydrogens (primary N) is 1. The monoisotopic (exact) mass is 349 g/mol. The van der Waals surface area contributed by atoms with E-state index in [0.29, 0.717) is 18.5 Å². The molecule has 5 heteroatoms. The zero-order chi connectivity index (χ0) is 15.0. The molecule has 0 bridgehead atoms. The van der Waals surface area contributed by atoms with Gasteiger partial charge in [0, 0.05) is 23.0 Å². The molecule has 0 aromatic heterocycles. The Kier molecular flexibility index (Phi) is 3.89. The molecule has 2 atom stereocenters. The number of hydrogen-bond donors (Lipinski definition) is 3. The Hall–Kier alpha value is -1.56. The molecule has 0 saturated carbocycles. The van der Waals surface area contributed by atoms with Crippen LogP contribution in [0, 0.1) is 0 Å². The lowest BCUT2D eigenvalue weighted by Gasteiger charge is -2.32. The number of rotatable bonds is 2. The van der Waals surface area contributed by atoms with E-state index in [-0.39, 0.29) is 23.7 Å². The van der Waals surface area contributed by atoms with Gasteiger partial charge in [-0.15, -0.1) is 0 Å². The highest BCUT2D eigenvalue weighted by Gasteiger charge is 2.30. The Bertz CT molecular complexity index is 657. The molecule has 21 heavy (non-hydrogen) atoms. The Labute approximate surface area is 131 Å². The molecule has 0 aliphatic carbocycles. The molecule has 1 aliphatic heterocycles. The Morgan fingerprint density at radius 2 is 1.86 bits per heavy atom. The van der Waals surface area contributed by atoms with E-state index in [2.05, 4.69) is 15.9 Å². The minimum atomic E-state index is -0.283. The second-order valence-electron chi connectivity index (χ2n) is 5.11. The summed E-state index contributed by atoms with van der Waals surface area (Å²) in [4.78, 5) is 0. The van der Waals surface area contributed by atoms with E-state index in [9.17, 15) is 10.2 Å². The van der Waals surface area contributed by atoms with E-state index in [1.54, 1.807) is 6.07 Å². The standard InChI is InChI=1S/C16H16BrNO3/c17-10-3-1-9(2-4-10)14-7-12-11(15(8-18)21-14)5-6-13(19)16(12)20/h1-6,14-15,19-20H,7-8,18H2/t14?,15-/m0/s1. The number of phenols is 2. The van der Waals surface area contributed by atoms with E-state index in [1.165, 1.54) is 6.07 Å². The summed E-state index contributed by atoms with van der Waals surface area (Å²) in [5, 5.41) is 19.8. The topological polar surface area (TPSA) is 75.7 Å². The summed E-state index contributed by atoms with van der Waals surface area (Å²) < 4.78 is 7.05. The van der Waals surface area contributed by atoms with Gasteiger partial charge < -0.3 is 20.7 Å². The third-order valence-corrected chi connectivity index (χ3v) is 4.35. The fourth-order valence-corrected chi connectivity index (χ4v) is 2.98. The van der Waals surface area contributed by atoms with Crippen molar-refractivity contribution in [2.45, 2.75) is 18.6 Å². The van der Waals surface area contributed by atoms with Crippen molar-refractivity contribution in [1.29, 1.82) is 0 Å². The predicted octanol–water partition coefficient (Wildman–Crippen LogP) is 3.17. The first-order valence-electron chi connectivity index (χ1n) is 6.75. The Balaban J connectivity index is 2.01. The van der Waals surface area contributed by atoms with Crippen LogP contribution in [-0.2, 0) is 11.2 Å². The molecule has 4 N–H and O–H groups in total. The van der Waals surface area contributed by atoms with Crippen molar-refractivity contribution in [1.82, 2.24) is 0 Å². The maximum Gasteiger partial charge on any atom is 0.161 e. The van der Waals surface area contributed by atoms with Gasteiger partial charge in [-0.05, 0) is 29.3 Å². The number of phenolic OH excluding ortho intramolecular Hbond substituents is 2. The molecule has 110 valence electrons. The van der Waals surface area contributed by atoms with Crippen LogP contribution in [-0.4, -0.2) is 16.8 Å². The molecule has 0 spiro atoms. The molecule has 1 unspecified atom stereocenters. The van der Waals surface area contributed by atoms with E-state index >= 15 is 0 Å². The summed E-state index contributed by atoms with van der Waals surface area (Å²) in [6.07, 6.45) is 0.0361. The number of aromatic hydroxyl groups is 2. The highest BCUT2D eigenvalue weighted by molar-refractivity contribution is 9.10. The molecule has 1 aliphatic rings. The van der Waals surface area contributed by atoms with Crippen molar-refractivity contribution < 1.29 is 14.9 Å². The quantitative estimate of drug-likeness (QED) is 0.728. The number of halogens is 1. The highest BCUT2D eigenvalue weighted by Crippen LogP contribution is 2.43. The van der Waals surface area contributed by atoms with Gasteiger partial charge in [0.1, 0.15) is 0 Å². The van der Waals surface area contributed by atoms with Crippen LogP contribution in [0.4, 0.5) is 0 Å². The van der Waals surface area contributed by atoms with E-state index < -0.39 is 0 Å². The van der Waals surface area contributed by atoms with Crippen LogP contribution in [0.15, 0.2) is 40.9 Å². The lowest BCUT2D eigenvalue weighted by molar-refractivity contribution is -0.0231. The molecule has 2 aromatic carbocycles. The average Bonchev–Trinajstić information content (AvgIpc) is 2.51. The number of benzene rings is 2. The molecular formula is C16H16BrNO3. The van der Waals surface area contributed by atoms with Crippen molar-refractivity contribution in [2.75, 3.05) is 6.54 Å². The van der Waals surface area contributed by atoms with E-state index in [1.807, 2.05) is 24.3 Å². The van der Waals surface area contributed by atoms with Gasteiger partial charge in [-0.1, -0.05) is 34.1 Å². The third kappa shape index (κ3) is 2.64. The van der Waals surface area contributed by atoms with Crippen LogP contribution < -0.4 is 5.73 Å². The van der Waals surface area contributed by atoms with Crippen molar-refractivity contribution in [3.05, 3.63) is 57.6 Å². The largest absolute Gasteiger partial charge is 0.504 e. The summed E-state index contributed by atoms with van der Waals surface area (Å²) in [7, 11) is 0. The van der Waals surface area contributed by atoms with Crippen molar-refractivity contribution in [3.63, 3.8) is 0 Å². The Morgan fingerprint density at radius 1 is 1.14 bits per heavy atom. The predicted molar refractivity (Wildman–Crippen MR) is 83.2 cm³/mol. The fraction of sp³-hybridized carbons (Fsp3) is 0.250. The van der Waals surface area contributed by atoms with Crippen molar-refractivity contribution in [3.8, 4) is 11.5 Å². The first-order chi connectivity index (χ1) is 10.1. The zero-order valence-corrected chi connectivity index (χ0v) is 12.9. The second kappa shape index (κ2) is 5.67. The van der Waals surface area contributed by atoms with E-state index in [4.69, 9.17) is 10.5 Å². The van der Waals surface area contributed by atoms with Crippen LogP contribution >= 0.6 is 15.9 Å². The third-order valence-electron chi connectivity index (χ3n) is 3.82. The van der Waals surface area contributed by atoms with Crippen LogP contribution in [0.1, 0.15) is 28.9 Å². The normalized spacial score (nSPS) is 21.0. The first kappa shape index (κ1) is 14.4. The molecule has 1 heterocycles. The molecule has 0 radical (unpaired) electrons. The minimum absolute atomic E-state index is 0.0728. The summed E-state index contributed by atoms with van der Waals surface area (Å²) in [6, 6.07) is 11.1. The highest BCUT2D eigenvalue weighted by atomic mass is 79.9. The summed E-state index contributed by atoms with van der Waals surface area (Å²) in [5.74, 6) is -0.183. The molecule has 4 nitrogen and oxygen atoms in total. The maximum atomic E-state index is 10.1. The number of ether oxygens (including phenoxy) is 1. The van der Waals surface area contributed by atoms with E-state index in [0.717, 1.165) is 15.6 Å². The number of hydrogen-bond acceptors (Lipinski definition) is 4. The van der Waals surface area contributed by atoms with Gasteiger partial charge >= 0.3 is 0 Å². The fourth-order valence-electron chi connectivity index (χ4n) is 2.72. The van der Waals surface area contributed by atoms with Gasteiger partial charge in [-0.3, -0.25) is 0 Å². The minimum Gasteiger partial charge on any atom is -0.504 e. The average molecular weight is 350 g/mol. The summed E-state index contributed by atoms with van der Waals surface area (Å²) in [5.41, 5.74) is 8.37. The zero-order valence-electron chi connectivity index (χ0n) is 11.3. The summed E-state index contributed by atoms with van der Waals surface area (Å²) >= 11 is 3.41. The molecule has 2 aromatic rings. The van der Waals surface area contributed by atoms with Crippen LogP contribution in [0.5, 0.6) is 11.5 Å². The van der Waals surface area contributed by atoms with Gasteiger partial charge in [0.25, 0.3) is 0 Å².